The van der Waals surface area contributed by atoms with Crippen molar-refractivity contribution in [3.05, 3.63) is 60.7 Å². The van der Waals surface area contributed by atoms with E-state index in [1.54, 1.807) is 4.90 Å². The van der Waals surface area contributed by atoms with Gasteiger partial charge in [0.25, 0.3) is 0 Å². The second kappa shape index (κ2) is 9.90. The van der Waals surface area contributed by atoms with Gasteiger partial charge in [-0.2, -0.15) is 0 Å². The Bertz CT molecular complexity index is 1140. The molecule has 5 nitrogen and oxygen atoms in total. The molecular formula is C26H27Br2ClN2O3. The molecule has 1 amide bonds. The van der Waals surface area contributed by atoms with Crippen LogP contribution in [0, 0.1) is 11.8 Å². The van der Waals surface area contributed by atoms with E-state index in [1.165, 1.54) is 16.7 Å². The number of aryl methyl sites for hydroxylation is 2. The normalized spacial score (nSPS) is 24.5. The molecule has 0 unspecified atom stereocenters. The number of piperidine rings is 1. The maximum atomic E-state index is 12.8. The number of nitrogens with zero attached hydrogens (tertiary/aromatic N) is 2. The lowest BCUT2D eigenvalue weighted by Gasteiger charge is -2.40. The average Bonchev–Trinajstić information content (AvgIpc) is 2.89. The van der Waals surface area contributed by atoms with Gasteiger partial charge < -0.3 is 9.64 Å². The minimum absolute atomic E-state index is 0.0304. The van der Waals surface area contributed by atoms with Gasteiger partial charge in [-0.1, -0.05) is 34.0 Å². The predicted octanol–water partition coefficient (Wildman–Crippen LogP) is 7.05. The maximum Gasteiger partial charge on any atom is 0.417 e. The molecule has 1 aliphatic heterocycles. The largest absolute Gasteiger partial charge is 0.417 e. The van der Waals surface area contributed by atoms with Crippen molar-refractivity contribution in [1.82, 2.24) is 9.88 Å². The van der Waals surface area contributed by atoms with Gasteiger partial charge in [-0.15, -0.1) is 0 Å². The van der Waals surface area contributed by atoms with Crippen LogP contribution in [0.15, 0.2) is 33.3 Å². The van der Waals surface area contributed by atoms with Crippen molar-refractivity contribution in [2.75, 3.05) is 6.54 Å². The fourth-order valence-electron chi connectivity index (χ4n) is 5.68. The van der Waals surface area contributed by atoms with E-state index in [4.69, 9.17) is 21.3 Å². The molecule has 0 radical (unpaired) electrons. The molecule has 2 aliphatic carbocycles. The molecule has 2 fully saturated rings. The number of fused-ring (bicyclic) bond motifs is 2. The van der Waals surface area contributed by atoms with Crippen LogP contribution in [0.2, 0.25) is 5.02 Å². The second-order valence-corrected chi connectivity index (χ2v) is 12.0. The van der Waals surface area contributed by atoms with Gasteiger partial charge in [0, 0.05) is 38.7 Å². The van der Waals surface area contributed by atoms with Gasteiger partial charge in [0.15, 0.2) is 0 Å². The van der Waals surface area contributed by atoms with Gasteiger partial charge >= 0.3 is 12.1 Å². The summed E-state index contributed by atoms with van der Waals surface area (Å²) >= 11 is 13.8. The summed E-state index contributed by atoms with van der Waals surface area (Å²) < 4.78 is 7.23. The first-order valence-corrected chi connectivity index (χ1v) is 13.9. The third kappa shape index (κ3) is 4.68. The Labute approximate surface area is 221 Å². The summed E-state index contributed by atoms with van der Waals surface area (Å²) in [6, 6.07) is 6.20. The van der Waals surface area contributed by atoms with Crippen LogP contribution in [-0.4, -0.2) is 34.5 Å². The summed E-state index contributed by atoms with van der Waals surface area (Å²) in [6.45, 7) is 2.61. The molecular weight excluding hydrogens is 584 g/mol. The van der Waals surface area contributed by atoms with Crippen LogP contribution >= 0.6 is 43.5 Å². The highest BCUT2D eigenvalue weighted by atomic mass is 79.9. The number of halogens is 3. The first-order valence-electron chi connectivity index (χ1n) is 12.0. The Hall–Kier alpha value is -1.44. The Morgan fingerprint density at radius 1 is 1.12 bits per heavy atom. The molecule has 3 atom stereocenters. The highest BCUT2D eigenvalue weighted by Crippen LogP contribution is 2.47. The fraction of sp³-hybridized carbons (Fsp3) is 0.500. The van der Waals surface area contributed by atoms with Gasteiger partial charge in [0.1, 0.15) is 0 Å². The van der Waals surface area contributed by atoms with Crippen molar-refractivity contribution in [3.63, 3.8) is 0 Å². The molecule has 8 heteroatoms. The summed E-state index contributed by atoms with van der Waals surface area (Å²) in [5.41, 5.74) is 4.86. The van der Waals surface area contributed by atoms with Gasteiger partial charge in [0.2, 0.25) is 0 Å². The van der Waals surface area contributed by atoms with Crippen LogP contribution in [0.5, 0.6) is 0 Å². The van der Waals surface area contributed by atoms with Gasteiger partial charge in [-0.3, -0.25) is 9.78 Å². The lowest BCUT2D eigenvalue weighted by Crippen LogP contribution is -2.47. The molecule has 2 heterocycles. The van der Waals surface area contributed by atoms with Crippen molar-refractivity contribution in [3.8, 4) is 0 Å². The molecule has 1 aromatic heterocycles. The Morgan fingerprint density at radius 2 is 1.88 bits per heavy atom. The van der Waals surface area contributed by atoms with E-state index >= 15 is 0 Å². The van der Waals surface area contributed by atoms with Crippen LogP contribution in [0.3, 0.4) is 0 Å². The third-order valence-electron chi connectivity index (χ3n) is 7.67. The van der Waals surface area contributed by atoms with Crippen LogP contribution in [-0.2, 0) is 22.4 Å². The van der Waals surface area contributed by atoms with E-state index in [1.807, 2.05) is 19.2 Å². The van der Waals surface area contributed by atoms with Crippen molar-refractivity contribution < 1.29 is 14.3 Å². The van der Waals surface area contributed by atoms with Gasteiger partial charge in [-0.25, -0.2) is 4.79 Å². The number of aromatic nitrogens is 1. The molecule has 3 aliphatic rings. The predicted molar refractivity (Wildman–Crippen MR) is 138 cm³/mol. The topological polar surface area (TPSA) is 59.5 Å². The van der Waals surface area contributed by atoms with Crippen molar-refractivity contribution >= 4 is 55.5 Å². The number of ether oxygens (including phenoxy) is 1. The van der Waals surface area contributed by atoms with E-state index in [2.05, 4.69) is 44.0 Å². The maximum absolute atomic E-state index is 12.8. The van der Waals surface area contributed by atoms with E-state index < -0.39 is 6.09 Å². The van der Waals surface area contributed by atoms with E-state index in [0.29, 0.717) is 12.5 Å². The lowest BCUT2D eigenvalue weighted by molar-refractivity contribution is -0.146. The number of carbonyl (C=O) groups excluding carboxylic acids is 2. The Kier molecular flexibility index (Phi) is 7.07. The molecule has 0 N–H and O–H groups in total. The van der Waals surface area contributed by atoms with Crippen molar-refractivity contribution in [2.45, 2.75) is 63.8 Å². The first kappa shape index (κ1) is 24.3. The van der Waals surface area contributed by atoms with Crippen LogP contribution in [0.25, 0.3) is 0 Å². The second-order valence-electron chi connectivity index (χ2n) is 9.78. The van der Waals surface area contributed by atoms with Gasteiger partial charge in [-0.05, 0) is 102 Å². The SMILES string of the molecule is C[C@H]1C[C@@H]([C@H]2c3ncc(Br)cc3CCc3cc(Cl)cc(Br)c32)CCN1C(=O)OC(=O)C1CCC1. The number of benzene rings is 1. The number of hydrogen-bond acceptors (Lipinski definition) is 4. The minimum atomic E-state index is -0.500. The summed E-state index contributed by atoms with van der Waals surface area (Å²) in [4.78, 5) is 31.6. The van der Waals surface area contributed by atoms with E-state index in [-0.39, 0.29) is 23.8 Å². The highest BCUT2D eigenvalue weighted by Gasteiger charge is 2.40. The van der Waals surface area contributed by atoms with E-state index in [9.17, 15) is 9.59 Å². The number of hydrogen-bond donors (Lipinski definition) is 0. The Balaban J connectivity index is 1.42. The fourth-order valence-corrected chi connectivity index (χ4v) is 7.18. The molecule has 180 valence electrons. The number of amides is 1. The highest BCUT2D eigenvalue weighted by molar-refractivity contribution is 9.10. The van der Waals surface area contributed by atoms with Crippen LogP contribution in [0.4, 0.5) is 4.79 Å². The minimum Gasteiger partial charge on any atom is -0.376 e. The molecule has 1 aromatic carbocycles. The monoisotopic (exact) mass is 608 g/mol. The standard InChI is InChI=1S/C26H27Br2ClN2O3/c1-14-9-17(7-8-31(14)26(33)34-25(32)15-3-2-4-15)23-22-16(11-20(29)12-21(22)28)5-6-18-10-19(27)13-30-24(18)23/h10-15,17,23H,2-9H2,1H3/t14-,17-,23+/m0/s1. The molecule has 0 spiro atoms. The summed E-state index contributed by atoms with van der Waals surface area (Å²) in [5, 5.41) is 0.728. The third-order valence-corrected chi connectivity index (χ3v) is 8.97. The number of likely N-dealkylation sites (tertiary alicyclic amines) is 1. The zero-order valence-electron chi connectivity index (χ0n) is 19.0. The molecule has 2 aromatic rings. The molecule has 5 rings (SSSR count). The smallest absolute Gasteiger partial charge is 0.376 e. The van der Waals surface area contributed by atoms with Crippen molar-refractivity contribution in [1.29, 1.82) is 0 Å². The first-order chi connectivity index (χ1) is 16.3. The summed E-state index contributed by atoms with van der Waals surface area (Å²) in [7, 11) is 0. The van der Waals surface area contributed by atoms with E-state index in [0.717, 1.165) is 64.6 Å². The quantitative estimate of drug-likeness (QED) is 0.270. The molecule has 0 bridgehead atoms. The number of esters is 1. The zero-order valence-corrected chi connectivity index (χ0v) is 23.0. The molecule has 1 saturated heterocycles. The molecule has 1 saturated carbocycles. The summed E-state index contributed by atoms with van der Waals surface area (Å²) in [6.07, 6.45) is 7.49. The number of carbonyl (C=O) groups is 2. The van der Waals surface area contributed by atoms with Gasteiger partial charge in [0.05, 0.1) is 11.6 Å². The van der Waals surface area contributed by atoms with Crippen LogP contribution in [0.1, 0.15) is 67.3 Å². The summed E-state index contributed by atoms with van der Waals surface area (Å²) in [5.74, 6) is -0.0780. The van der Waals surface area contributed by atoms with Crippen LogP contribution < -0.4 is 0 Å². The number of pyridine rings is 1. The van der Waals surface area contributed by atoms with Crippen molar-refractivity contribution in [2.24, 2.45) is 11.8 Å². The number of rotatable bonds is 2. The lowest BCUT2D eigenvalue weighted by atomic mass is 9.75. The molecule has 34 heavy (non-hydrogen) atoms. The average molecular weight is 611 g/mol. The Morgan fingerprint density at radius 3 is 2.59 bits per heavy atom. The zero-order chi connectivity index (χ0) is 24.0.